The van der Waals surface area contributed by atoms with E-state index in [9.17, 15) is 4.79 Å². The van der Waals surface area contributed by atoms with Crippen LogP contribution in [0.1, 0.15) is 125 Å². The standard InChI is InChI=1S/C31H58O5/c1-7-8-9-10-11-12-13-14-15-16-17-18-19-20-21-22-29(32)35-28-27-34-25-23-31(4,5)36-26-24-30(2,3)33-6/h11-12,14-15H,7-10,13,16-28H2,1-6H3/b12-11-,15-14-. The van der Waals surface area contributed by atoms with Crippen molar-refractivity contribution in [3.05, 3.63) is 24.3 Å². The fourth-order valence-corrected chi connectivity index (χ4v) is 3.53. The fourth-order valence-electron chi connectivity index (χ4n) is 3.53. The Bertz CT molecular complexity index is 565. The van der Waals surface area contributed by atoms with Crippen LogP contribution in [0.2, 0.25) is 0 Å². The van der Waals surface area contributed by atoms with Gasteiger partial charge in [-0.15, -0.1) is 0 Å². The number of unbranched alkanes of at least 4 members (excludes halogenated alkanes) is 8. The molecule has 5 heteroatoms. The highest BCUT2D eigenvalue weighted by atomic mass is 16.6. The Balaban J connectivity index is 3.50. The second kappa shape index (κ2) is 23.0. The third-order valence-electron chi connectivity index (χ3n) is 6.42. The summed E-state index contributed by atoms with van der Waals surface area (Å²) in [7, 11) is 1.72. The predicted molar refractivity (Wildman–Crippen MR) is 151 cm³/mol. The molecule has 0 spiro atoms. The smallest absolute Gasteiger partial charge is 0.305 e. The van der Waals surface area contributed by atoms with Crippen molar-refractivity contribution in [2.24, 2.45) is 0 Å². The van der Waals surface area contributed by atoms with Crippen molar-refractivity contribution in [1.29, 1.82) is 0 Å². The first-order valence-electron chi connectivity index (χ1n) is 14.4. The molecular weight excluding hydrogens is 452 g/mol. The van der Waals surface area contributed by atoms with E-state index in [-0.39, 0.29) is 17.2 Å². The van der Waals surface area contributed by atoms with Gasteiger partial charge in [-0.3, -0.25) is 4.79 Å². The molecule has 0 aromatic heterocycles. The zero-order valence-corrected chi connectivity index (χ0v) is 24.6. The number of carbonyl (C=O) groups is 1. The highest BCUT2D eigenvalue weighted by molar-refractivity contribution is 5.69. The number of ether oxygens (including phenoxy) is 4. The average Bonchev–Trinajstić information content (AvgIpc) is 2.83. The fraction of sp³-hybridized carbons (Fsp3) is 0.839. The number of hydrogen-bond donors (Lipinski definition) is 0. The van der Waals surface area contributed by atoms with Gasteiger partial charge in [-0.2, -0.15) is 0 Å². The van der Waals surface area contributed by atoms with Gasteiger partial charge >= 0.3 is 5.97 Å². The van der Waals surface area contributed by atoms with Crippen LogP contribution < -0.4 is 0 Å². The van der Waals surface area contributed by atoms with Gasteiger partial charge in [-0.1, -0.05) is 63.3 Å². The molecule has 0 heterocycles. The molecule has 0 aliphatic carbocycles. The maximum Gasteiger partial charge on any atom is 0.305 e. The summed E-state index contributed by atoms with van der Waals surface area (Å²) >= 11 is 0. The van der Waals surface area contributed by atoms with Crippen molar-refractivity contribution in [1.82, 2.24) is 0 Å². The summed E-state index contributed by atoms with van der Waals surface area (Å²) in [6, 6.07) is 0. The number of hydrogen-bond acceptors (Lipinski definition) is 5. The van der Waals surface area contributed by atoms with Crippen molar-refractivity contribution >= 4 is 5.97 Å². The maximum atomic E-state index is 11.9. The molecule has 36 heavy (non-hydrogen) atoms. The van der Waals surface area contributed by atoms with Gasteiger partial charge in [0.05, 0.1) is 24.4 Å². The molecule has 0 fully saturated rings. The van der Waals surface area contributed by atoms with Gasteiger partial charge in [0.15, 0.2) is 0 Å². The highest BCUT2D eigenvalue weighted by Crippen LogP contribution is 2.19. The summed E-state index contributed by atoms with van der Waals surface area (Å²) < 4.78 is 22.3. The quantitative estimate of drug-likeness (QED) is 0.0701. The van der Waals surface area contributed by atoms with Gasteiger partial charge < -0.3 is 18.9 Å². The minimum atomic E-state index is -0.248. The van der Waals surface area contributed by atoms with Crippen molar-refractivity contribution in [3.63, 3.8) is 0 Å². The molecular formula is C31H58O5. The van der Waals surface area contributed by atoms with Gasteiger partial charge in [0.1, 0.15) is 6.61 Å². The summed E-state index contributed by atoms with van der Waals surface area (Å²) in [5.74, 6) is -0.117. The van der Waals surface area contributed by atoms with Crippen LogP contribution in [-0.4, -0.2) is 50.7 Å². The first-order chi connectivity index (χ1) is 17.2. The third-order valence-corrected chi connectivity index (χ3v) is 6.42. The molecule has 0 saturated heterocycles. The Morgan fingerprint density at radius 2 is 1.31 bits per heavy atom. The van der Waals surface area contributed by atoms with Crippen molar-refractivity contribution in [2.75, 3.05) is 33.5 Å². The van der Waals surface area contributed by atoms with Gasteiger partial charge in [0.2, 0.25) is 0 Å². The van der Waals surface area contributed by atoms with Crippen LogP contribution in [0.4, 0.5) is 0 Å². The van der Waals surface area contributed by atoms with E-state index in [4.69, 9.17) is 18.9 Å². The SMILES string of the molecule is CCCCC/C=C\C/C=C\CCCCCCCC(=O)OCCOCCC(C)(C)OCCC(C)(C)OC. The van der Waals surface area contributed by atoms with Crippen LogP contribution in [0.15, 0.2) is 24.3 Å². The Kier molecular flexibility index (Phi) is 22.2. The van der Waals surface area contributed by atoms with E-state index in [1.54, 1.807) is 7.11 Å². The molecule has 0 bridgehead atoms. The molecule has 0 amide bonds. The zero-order valence-electron chi connectivity index (χ0n) is 24.6. The lowest BCUT2D eigenvalue weighted by Crippen LogP contribution is -2.31. The van der Waals surface area contributed by atoms with Gasteiger partial charge in [0.25, 0.3) is 0 Å². The minimum Gasteiger partial charge on any atom is -0.463 e. The van der Waals surface area contributed by atoms with Crippen LogP contribution in [0.5, 0.6) is 0 Å². The maximum absolute atomic E-state index is 11.9. The summed E-state index contributed by atoms with van der Waals surface area (Å²) in [5.41, 5.74) is -0.416. The molecule has 0 rings (SSSR count). The summed E-state index contributed by atoms with van der Waals surface area (Å²) in [4.78, 5) is 11.9. The first kappa shape index (κ1) is 34.8. The Morgan fingerprint density at radius 3 is 1.97 bits per heavy atom. The van der Waals surface area contributed by atoms with Crippen LogP contribution in [0, 0.1) is 0 Å². The number of esters is 1. The van der Waals surface area contributed by atoms with Crippen molar-refractivity contribution in [3.8, 4) is 0 Å². The minimum absolute atomic E-state index is 0.117. The number of carbonyl (C=O) groups excluding carboxylic acids is 1. The topological polar surface area (TPSA) is 54.0 Å². The third kappa shape index (κ3) is 24.5. The number of methoxy groups -OCH3 is 1. The Morgan fingerprint density at radius 1 is 0.694 bits per heavy atom. The molecule has 0 radical (unpaired) electrons. The zero-order chi connectivity index (χ0) is 27.0. The van der Waals surface area contributed by atoms with E-state index in [2.05, 4.69) is 58.9 Å². The van der Waals surface area contributed by atoms with E-state index in [0.29, 0.717) is 32.8 Å². The molecule has 0 unspecified atom stereocenters. The van der Waals surface area contributed by atoms with Crippen LogP contribution in [0.3, 0.4) is 0 Å². The summed E-state index contributed by atoms with van der Waals surface area (Å²) in [6.45, 7) is 12.5. The van der Waals surface area contributed by atoms with Crippen molar-refractivity contribution in [2.45, 2.75) is 136 Å². The molecule has 0 aliphatic heterocycles. The number of allylic oxidation sites excluding steroid dienone is 4. The lowest BCUT2D eigenvalue weighted by molar-refractivity contribution is -0.145. The van der Waals surface area contributed by atoms with Gasteiger partial charge in [-0.25, -0.2) is 0 Å². The largest absolute Gasteiger partial charge is 0.463 e. The molecule has 0 aliphatic rings. The van der Waals surface area contributed by atoms with E-state index in [1.165, 1.54) is 44.9 Å². The summed E-state index contributed by atoms with van der Waals surface area (Å²) in [6.07, 6.45) is 24.3. The highest BCUT2D eigenvalue weighted by Gasteiger charge is 2.21. The predicted octanol–water partition coefficient (Wildman–Crippen LogP) is 8.36. The Hall–Kier alpha value is -1.17. The first-order valence-corrected chi connectivity index (χ1v) is 14.4. The van der Waals surface area contributed by atoms with Crippen LogP contribution >= 0.6 is 0 Å². The normalized spacial score (nSPS) is 12.7. The van der Waals surface area contributed by atoms with Gasteiger partial charge in [0, 0.05) is 20.1 Å². The molecule has 5 nitrogen and oxygen atoms in total. The van der Waals surface area contributed by atoms with Gasteiger partial charge in [-0.05, 0) is 79.1 Å². The van der Waals surface area contributed by atoms with E-state index in [1.807, 2.05) is 0 Å². The molecule has 0 atom stereocenters. The molecule has 0 saturated carbocycles. The number of rotatable bonds is 25. The van der Waals surface area contributed by atoms with E-state index in [0.717, 1.165) is 38.5 Å². The molecule has 0 aromatic carbocycles. The van der Waals surface area contributed by atoms with Crippen molar-refractivity contribution < 1.29 is 23.7 Å². The summed E-state index contributed by atoms with van der Waals surface area (Å²) in [5, 5.41) is 0. The van der Waals surface area contributed by atoms with Crippen LogP contribution in [0.25, 0.3) is 0 Å². The lowest BCUT2D eigenvalue weighted by atomic mass is 10.0. The monoisotopic (exact) mass is 510 g/mol. The van der Waals surface area contributed by atoms with Crippen LogP contribution in [-0.2, 0) is 23.7 Å². The van der Waals surface area contributed by atoms with E-state index < -0.39 is 0 Å². The molecule has 0 N–H and O–H groups in total. The average molecular weight is 511 g/mol. The molecule has 212 valence electrons. The van der Waals surface area contributed by atoms with E-state index >= 15 is 0 Å². The second-order valence-corrected chi connectivity index (χ2v) is 10.9. The molecule has 0 aromatic rings. The lowest BCUT2D eigenvalue weighted by Gasteiger charge is -2.28. The Labute approximate surface area is 223 Å². The second-order valence-electron chi connectivity index (χ2n) is 10.9.